The Labute approximate surface area is 294 Å². The van der Waals surface area contributed by atoms with Gasteiger partial charge in [0.25, 0.3) is 0 Å². The molecule has 0 aliphatic heterocycles. The summed E-state index contributed by atoms with van der Waals surface area (Å²) >= 11 is 0. The largest absolute Gasteiger partial charge is 0.405 e. The molecule has 0 aromatic rings. The lowest BCUT2D eigenvalue weighted by atomic mass is 10.0. The smallest absolute Gasteiger partial charge is 0.329 e. The van der Waals surface area contributed by atoms with E-state index in [1.54, 1.807) is 0 Å². The minimum absolute atomic E-state index is 0.496. The van der Waals surface area contributed by atoms with Gasteiger partial charge >= 0.3 is 7.75 Å². The van der Waals surface area contributed by atoms with Crippen molar-refractivity contribution in [1.82, 2.24) is 21.0 Å². The highest BCUT2D eigenvalue weighted by molar-refractivity contribution is 7.51. The fourth-order valence-electron chi connectivity index (χ4n) is 5.85. The average Bonchev–Trinajstić information content (AvgIpc) is 3.07. The SMILES string of the molecule is CCCCCCCCCCCCCCCOP(=O)(NCCNCCNCCNCCN)OCCCCCCCCCCCCCCC. The van der Waals surface area contributed by atoms with Gasteiger partial charge < -0.3 is 21.7 Å². The van der Waals surface area contributed by atoms with E-state index in [9.17, 15) is 4.57 Å². The van der Waals surface area contributed by atoms with E-state index in [0.29, 0.717) is 26.3 Å². The average molecular weight is 690 g/mol. The van der Waals surface area contributed by atoms with Crippen LogP contribution in [-0.4, -0.2) is 65.6 Å². The second-order valence-corrected chi connectivity index (χ2v) is 15.4. The van der Waals surface area contributed by atoms with Crippen molar-refractivity contribution >= 4 is 7.75 Å². The zero-order valence-corrected chi connectivity index (χ0v) is 32.6. The maximum atomic E-state index is 13.5. The van der Waals surface area contributed by atoms with Crippen LogP contribution in [0.3, 0.4) is 0 Å². The summed E-state index contributed by atoms with van der Waals surface area (Å²) in [7, 11) is -3.29. The molecule has 0 saturated heterocycles. The van der Waals surface area contributed by atoms with Gasteiger partial charge in [0.1, 0.15) is 0 Å². The first kappa shape index (κ1) is 47.0. The Kier molecular flexibility index (Phi) is 40.3. The molecule has 0 aromatic heterocycles. The molecule has 0 aliphatic rings. The topological polar surface area (TPSA) is 110 Å². The molecule has 9 heteroatoms. The van der Waals surface area contributed by atoms with E-state index < -0.39 is 7.75 Å². The van der Waals surface area contributed by atoms with Crippen LogP contribution in [0.1, 0.15) is 181 Å². The first-order valence-electron chi connectivity index (χ1n) is 20.6. The van der Waals surface area contributed by atoms with Crippen LogP contribution in [0.4, 0.5) is 0 Å². The van der Waals surface area contributed by atoms with Gasteiger partial charge in [0.05, 0.1) is 13.2 Å². The standard InChI is InChI=1S/C38H84N5O3P/c1-3-5-7-9-11-13-15-17-19-21-23-25-27-37-45-47(44,43-36-35-42-34-33-41-32-31-40-30-29-39)46-38-28-26-24-22-20-18-16-14-12-10-8-6-4-2/h40-42H,3-39H2,1-2H3,(H,43,44). The van der Waals surface area contributed by atoms with Crippen molar-refractivity contribution < 1.29 is 13.6 Å². The zero-order chi connectivity index (χ0) is 34.2. The first-order chi connectivity index (χ1) is 23.2. The van der Waals surface area contributed by atoms with E-state index in [1.165, 1.54) is 141 Å². The van der Waals surface area contributed by atoms with E-state index >= 15 is 0 Å². The second-order valence-electron chi connectivity index (χ2n) is 13.6. The van der Waals surface area contributed by atoms with Crippen LogP contribution in [-0.2, 0) is 13.6 Å². The fourth-order valence-corrected chi connectivity index (χ4v) is 7.23. The molecule has 0 amide bonds. The van der Waals surface area contributed by atoms with Gasteiger partial charge in [0.15, 0.2) is 0 Å². The highest BCUT2D eigenvalue weighted by atomic mass is 31.2. The summed E-state index contributed by atoms with van der Waals surface area (Å²) in [6, 6.07) is 0. The van der Waals surface area contributed by atoms with Crippen molar-refractivity contribution in [3.05, 3.63) is 0 Å². The number of nitrogens with one attached hydrogen (secondary N) is 4. The van der Waals surface area contributed by atoms with Crippen LogP contribution in [0.25, 0.3) is 0 Å². The molecule has 0 saturated carbocycles. The monoisotopic (exact) mass is 690 g/mol. The van der Waals surface area contributed by atoms with E-state index in [-0.39, 0.29) is 0 Å². The molecular formula is C38H84N5O3P. The van der Waals surface area contributed by atoms with Crippen LogP contribution in [0.5, 0.6) is 0 Å². The molecule has 0 aliphatic carbocycles. The molecule has 0 unspecified atom stereocenters. The Morgan fingerprint density at radius 2 is 0.681 bits per heavy atom. The summed E-state index contributed by atoms with van der Waals surface area (Å²) in [5, 5.41) is 13.2. The third kappa shape index (κ3) is 38.6. The second kappa shape index (κ2) is 40.4. The Morgan fingerprint density at radius 3 is 1.00 bits per heavy atom. The molecule has 0 bridgehead atoms. The van der Waals surface area contributed by atoms with Crippen LogP contribution in [0, 0.1) is 0 Å². The van der Waals surface area contributed by atoms with Gasteiger partial charge in [-0.25, -0.2) is 9.65 Å². The Hall–Kier alpha value is -0.0500. The van der Waals surface area contributed by atoms with Crippen LogP contribution < -0.4 is 26.8 Å². The lowest BCUT2D eigenvalue weighted by Gasteiger charge is -2.20. The maximum absolute atomic E-state index is 13.5. The summed E-state index contributed by atoms with van der Waals surface area (Å²) in [4.78, 5) is 0. The molecule has 0 heterocycles. The molecule has 0 spiro atoms. The Balaban J connectivity index is 4.06. The lowest BCUT2D eigenvalue weighted by Crippen LogP contribution is -2.35. The van der Waals surface area contributed by atoms with Crippen molar-refractivity contribution in [3.63, 3.8) is 0 Å². The summed E-state index contributed by atoms with van der Waals surface area (Å²) in [5.41, 5.74) is 5.49. The molecule has 0 radical (unpaired) electrons. The summed E-state index contributed by atoms with van der Waals surface area (Å²) in [6.07, 6.45) is 34.1. The predicted molar refractivity (Wildman–Crippen MR) is 207 cm³/mol. The van der Waals surface area contributed by atoms with Gasteiger partial charge in [0, 0.05) is 52.4 Å². The van der Waals surface area contributed by atoms with Crippen LogP contribution in [0.2, 0.25) is 0 Å². The van der Waals surface area contributed by atoms with E-state index in [0.717, 1.165) is 65.0 Å². The third-order valence-electron chi connectivity index (χ3n) is 8.90. The van der Waals surface area contributed by atoms with E-state index in [4.69, 9.17) is 14.8 Å². The zero-order valence-electron chi connectivity index (χ0n) is 31.7. The number of nitrogens with two attached hydrogens (primary N) is 1. The number of unbranched alkanes of at least 4 members (excludes halogenated alkanes) is 24. The van der Waals surface area contributed by atoms with Gasteiger partial charge in [-0.15, -0.1) is 0 Å². The molecule has 284 valence electrons. The van der Waals surface area contributed by atoms with Crippen molar-refractivity contribution in [2.24, 2.45) is 5.73 Å². The molecule has 0 atom stereocenters. The maximum Gasteiger partial charge on any atom is 0.405 e. The summed E-state index contributed by atoms with van der Waals surface area (Å²) < 4.78 is 25.3. The van der Waals surface area contributed by atoms with Crippen LogP contribution >= 0.6 is 7.75 Å². The quantitative estimate of drug-likeness (QED) is 0.0319. The Bertz CT molecular complexity index is 596. The van der Waals surface area contributed by atoms with Gasteiger partial charge in [-0.1, -0.05) is 168 Å². The van der Waals surface area contributed by atoms with E-state index in [2.05, 4.69) is 34.9 Å². The number of hydrogen-bond acceptors (Lipinski definition) is 7. The molecule has 6 N–H and O–H groups in total. The Morgan fingerprint density at radius 1 is 0.404 bits per heavy atom. The summed E-state index contributed by atoms with van der Waals surface area (Å²) in [6.45, 7) is 12.0. The van der Waals surface area contributed by atoms with Crippen LogP contribution in [0.15, 0.2) is 0 Å². The molecule has 47 heavy (non-hydrogen) atoms. The number of hydrogen-bond donors (Lipinski definition) is 5. The molecule has 0 fully saturated rings. The summed E-state index contributed by atoms with van der Waals surface area (Å²) in [5.74, 6) is 0. The van der Waals surface area contributed by atoms with E-state index in [1.807, 2.05) is 0 Å². The lowest BCUT2D eigenvalue weighted by molar-refractivity contribution is 0.189. The van der Waals surface area contributed by atoms with Crippen molar-refractivity contribution in [3.8, 4) is 0 Å². The molecule has 0 aromatic carbocycles. The minimum Gasteiger partial charge on any atom is -0.329 e. The highest BCUT2D eigenvalue weighted by Gasteiger charge is 2.23. The molecular weight excluding hydrogens is 605 g/mol. The van der Waals surface area contributed by atoms with Crippen molar-refractivity contribution in [1.29, 1.82) is 0 Å². The molecule has 0 rings (SSSR count). The first-order valence-corrected chi connectivity index (χ1v) is 22.2. The van der Waals surface area contributed by atoms with Gasteiger partial charge in [-0.05, 0) is 12.8 Å². The van der Waals surface area contributed by atoms with Gasteiger partial charge in [-0.3, -0.25) is 9.05 Å². The van der Waals surface area contributed by atoms with Gasteiger partial charge in [-0.2, -0.15) is 0 Å². The number of rotatable bonds is 42. The van der Waals surface area contributed by atoms with Gasteiger partial charge in [0.2, 0.25) is 0 Å². The van der Waals surface area contributed by atoms with Crippen molar-refractivity contribution in [2.75, 3.05) is 65.6 Å². The minimum atomic E-state index is -3.29. The fraction of sp³-hybridized carbons (Fsp3) is 1.00. The predicted octanol–water partition coefficient (Wildman–Crippen LogP) is 9.63. The van der Waals surface area contributed by atoms with Crippen molar-refractivity contribution in [2.45, 2.75) is 181 Å². The highest BCUT2D eigenvalue weighted by Crippen LogP contribution is 2.43. The third-order valence-corrected chi connectivity index (χ3v) is 10.6. The normalized spacial score (nSPS) is 12.0. The molecule has 8 nitrogen and oxygen atoms in total.